The maximum atomic E-state index is 13.1. The minimum absolute atomic E-state index is 0.150. The van der Waals surface area contributed by atoms with Crippen LogP contribution in [0, 0.1) is 23.5 Å². The molecule has 0 spiro atoms. The predicted octanol–water partition coefficient (Wildman–Crippen LogP) is 3.13. The van der Waals surface area contributed by atoms with Crippen molar-refractivity contribution in [3.05, 3.63) is 35.4 Å². The van der Waals surface area contributed by atoms with Gasteiger partial charge in [-0.05, 0) is 43.0 Å². The van der Waals surface area contributed by atoms with Crippen LogP contribution in [0.1, 0.15) is 30.6 Å². The average molecular weight is 267 g/mol. The van der Waals surface area contributed by atoms with Gasteiger partial charge in [-0.25, -0.2) is 8.78 Å². The molecular formula is C15H19F2NO. The van der Waals surface area contributed by atoms with E-state index in [1.165, 1.54) is 6.07 Å². The molecule has 104 valence electrons. The van der Waals surface area contributed by atoms with E-state index < -0.39 is 11.6 Å². The summed E-state index contributed by atoms with van der Waals surface area (Å²) in [4.78, 5) is 14.1. The van der Waals surface area contributed by atoms with Crippen molar-refractivity contribution in [1.82, 2.24) is 4.90 Å². The van der Waals surface area contributed by atoms with Crippen molar-refractivity contribution < 1.29 is 13.6 Å². The van der Waals surface area contributed by atoms with Crippen LogP contribution in [0.25, 0.3) is 0 Å². The van der Waals surface area contributed by atoms with Gasteiger partial charge in [0.15, 0.2) is 17.4 Å². The Morgan fingerprint density at radius 3 is 2.68 bits per heavy atom. The van der Waals surface area contributed by atoms with Gasteiger partial charge in [-0.15, -0.1) is 0 Å². The number of halogens is 2. The van der Waals surface area contributed by atoms with Crippen molar-refractivity contribution in [1.29, 1.82) is 0 Å². The van der Waals surface area contributed by atoms with Crippen molar-refractivity contribution in [2.75, 3.05) is 19.6 Å². The van der Waals surface area contributed by atoms with Crippen LogP contribution in [0.5, 0.6) is 0 Å². The topological polar surface area (TPSA) is 20.3 Å². The SMILES string of the molecule is CC(C)C1CCN(CC(=O)c2ccc(F)c(F)c2)C1. The summed E-state index contributed by atoms with van der Waals surface area (Å²) in [6.07, 6.45) is 1.10. The average Bonchev–Trinajstić information content (AvgIpc) is 2.81. The monoisotopic (exact) mass is 267 g/mol. The Bertz CT molecular complexity index is 473. The molecule has 1 saturated heterocycles. The molecule has 0 amide bonds. The molecule has 4 heteroatoms. The molecule has 1 fully saturated rings. The van der Waals surface area contributed by atoms with E-state index in [1.807, 2.05) is 0 Å². The number of ketones is 1. The summed E-state index contributed by atoms with van der Waals surface area (Å²) in [7, 11) is 0. The third-order valence-corrected chi connectivity index (χ3v) is 3.86. The van der Waals surface area contributed by atoms with Gasteiger partial charge in [0, 0.05) is 12.1 Å². The second-order valence-electron chi connectivity index (χ2n) is 5.58. The van der Waals surface area contributed by atoms with Crippen molar-refractivity contribution in [3.63, 3.8) is 0 Å². The number of likely N-dealkylation sites (tertiary alicyclic amines) is 1. The minimum Gasteiger partial charge on any atom is -0.296 e. The molecule has 0 aromatic heterocycles. The van der Waals surface area contributed by atoms with Crippen LogP contribution in [-0.2, 0) is 0 Å². The molecule has 0 aliphatic carbocycles. The number of carbonyl (C=O) groups is 1. The van der Waals surface area contributed by atoms with Gasteiger partial charge in [0.2, 0.25) is 0 Å². The molecule has 2 rings (SSSR count). The maximum absolute atomic E-state index is 13.1. The van der Waals surface area contributed by atoms with Gasteiger partial charge in [0.1, 0.15) is 0 Å². The molecule has 0 N–H and O–H groups in total. The number of carbonyl (C=O) groups excluding carboxylic acids is 1. The van der Waals surface area contributed by atoms with Crippen LogP contribution in [-0.4, -0.2) is 30.3 Å². The number of benzene rings is 1. The van der Waals surface area contributed by atoms with Gasteiger partial charge in [0.05, 0.1) is 6.54 Å². The number of Topliss-reactive ketones (excluding diaryl/α,β-unsaturated/α-hetero) is 1. The Morgan fingerprint density at radius 1 is 1.37 bits per heavy atom. The fraction of sp³-hybridized carbons (Fsp3) is 0.533. The van der Waals surface area contributed by atoms with Crippen LogP contribution >= 0.6 is 0 Å². The van der Waals surface area contributed by atoms with E-state index in [0.29, 0.717) is 11.8 Å². The first-order valence-electron chi connectivity index (χ1n) is 6.68. The Labute approximate surface area is 112 Å². The highest BCUT2D eigenvalue weighted by Gasteiger charge is 2.26. The van der Waals surface area contributed by atoms with Crippen LogP contribution < -0.4 is 0 Å². The van der Waals surface area contributed by atoms with E-state index in [1.54, 1.807) is 0 Å². The van der Waals surface area contributed by atoms with Gasteiger partial charge in [0.25, 0.3) is 0 Å². The van der Waals surface area contributed by atoms with E-state index in [0.717, 1.165) is 31.6 Å². The predicted molar refractivity (Wildman–Crippen MR) is 70.1 cm³/mol. The summed E-state index contributed by atoms with van der Waals surface area (Å²) in [6.45, 7) is 6.47. The van der Waals surface area contributed by atoms with Crippen molar-refractivity contribution in [2.45, 2.75) is 20.3 Å². The zero-order valence-electron chi connectivity index (χ0n) is 11.3. The lowest BCUT2D eigenvalue weighted by Gasteiger charge is -2.17. The van der Waals surface area contributed by atoms with Gasteiger partial charge >= 0.3 is 0 Å². The quantitative estimate of drug-likeness (QED) is 0.781. The standard InChI is InChI=1S/C15H19F2NO/c1-10(2)12-5-6-18(8-12)9-15(19)11-3-4-13(16)14(17)7-11/h3-4,7,10,12H,5-6,8-9H2,1-2H3. The van der Waals surface area contributed by atoms with Crippen LogP contribution in [0.4, 0.5) is 8.78 Å². The molecule has 19 heavy (non-hydrogen) atoms. The fourth-order valence-corrected chi connectivity index (χ4v) is 2.51. The van der Waals surface area contributed by atoms with Crippen molar-refractivity contribution in [2.24, 2.45) is 11.8 Å². The lowest BCUT2D eigenvalue weighted by molar-refractivity contribution is 0.0941. The Morgan fingerprint density at radius 2 is 2.11 bits per heavy atom. The fourth-order valence-electron chi connectivity index (χ4n) is 2.51. The van der Waals surface area contributed by atoms with Crippen LogP contribution in [0.2, 0.25) is 0 Å². The van der Waals surface area contributed by atoms with Gasteiger partial charge in [-0.3, -0.25) is 9.69 Å². The highest BCUT2D eigenvalue weighted by molar-refractivity contribution is 5.97. The maximum Gasteiger partial charge on any atom is 0.176 e. The largest absolute Gasteiger partial charge is 0.296 e. The van der Waals surface area contributed by atoms with Gasteiger partial charge in [-0.1, -0.05) is 13.8 Å². The Kier molecular flexibility index (Phi) is 4.30. The minimum atomic E-state index is -0.965. The first kappa shape index (κ1) is 14.1. The van der Waals surface area contributed by atoms with Crippen molar-refractivity contribution >= 4 is 5.78 Å². The number of nitrogens with zero attached hydrogens (tertiary/aromatic N) is 1. The zero-order valence-corrected chi connectivity index (χ0v) is 11.3. The molecule has 0 radical (unpaired) electrons. The number of hydrogen-bond acceptors (Lipinski definition) is 2. The number of rotatable bonds is 4. The molecule has 1 aliphatic heterocycles. The van der Waals surface area contributed by atoms with E-state index in [9.17, 15) is 13.6 Å². The second kappa shape index (κ2) is 5.78. The summed E-state index contributed by atoms with van der Waals surface area (Å²) < 4.78 is 25.9. The molecule has 1 atom stereocenters. The van der Waals surface area contributed by atoms with Crippen molar-refractivity contribution in [3.8, 4) is 0 Å². The first-order valence-corrected chi connectivity index (χ1v) is 6.68. The third kappa shape index (κ3) is 3.38. The highest BCUT2D eigenvalue weighted by atomic mass is 19.2. The molecule has 1 unspecified atom stereocenters. The smallest absolute Gasteiger partial charge is 0.176 e. The van der Waals surface area contributed by atoms with Crippen LogP contribution in [0.15, 0.2) is 18.2 Å². The van der Waals surface area contributed by atoms with E-state index in [4.69, 9.17) is 0 Å². The molecule has 2 nitrogen and oxygen atoms in total. The third-order valence-electron chi connectivity index (χ3n) is 3.86. The Hall–Kier alpha value is -1.29. The zero-order chi connectivity index (χ0) is 14.0. The highest BCUT2D eigenvalue weighted by Crippen LogP contribution is 2.23. The van der Waals surface area contributed by atoms with E-state index in [-0.39, 0.29) is 17.9 Å². The summed E-state index contributed by atoms with van der Waals surface area (Å²) >= 11 is 0. The van der Waals surface area contributed by atoms with E-state index in [2.05, 4.69) is 18.7 Å². The van der Waals surface area contributed by atoms with Gasteiger partial charge < -0.3 is 0 Å². The van der Waals surface area contributed by atoms with Gasteiger partial charge in [-0.2, -0.15) is 0 Å². The lowest BCUT2D eigenvalue weighted by atomic mass is 9.95. The molecule has 0 saturated carbocycles. The second-order valence-corrected chi connectivity index (χ2v) is 5.58. The molecule has 1 aromatic rings. The Balaban J connectivity index is 1.96. The molecule has 1 heterocycles. The normalized spacial score (nSPS) is 20.2. The molecular weight excluding hydrogens is 248 g/mol. The summed E-state index contributed by atoms with van der Waals surface area (Å²) in [5, 5.41) is 0. The lowest BCUT2D eigenvalue weighted by Crippen LogP contribution is -2.28. The summed E-state index contributed by atoms with van der Waals surface area (Å²) in [5.74, 6) is -0.797. The van der Waals surface area contributed by atoms with Crippen LogP contribution in [0.3, 0.4) is 0 Å². The molecule has 1 aromatic carbocycles. The van der Waals surface area contributed by atoms with E-state index >= 15 is 0 Å². The molecule has 0 bridgehead atoms. The summed E-state index contributed by atoms with van der Waals surface area (Å²) in [5.41, 5.74) is 0.242. The summed E-state index contributed by atoms with van der Waals surface area (Å²) in [6, 6.07) is 3.33. The first-order chi connectivity index (χ1) is 8.97. The molecule has 1 aliphatic rings. The number of hydrogen-bond donors (Lipinski definition) is 0.